The summed E-state index contributed by atoms with van der Waals surface area (Å²) in [6.07, 6.45) is 0.559. The van der Waals surface area contributed by atoms with Crippen molar-refractivity contribution in [3.05, 3.63) is 102 Å². The molecule has 0 atom stereocenters. The van der Waals surface area contributed by atoms with Crippen LogP contribution in [0.3, 0.4) is 0 Å². The Balaban J connectivity index is 1.41. The van der Waals surface area contributed by atoms with Gasteiger partial charge in [0.1, 0.15) is 0 Å². The van der Waals surface area contributed by atoms with Gasteiger partial charge in [0.25, 0.3) is 21.8 Å². The molecule has 0 unspecified atom stereocenters. The molecule has 0 bridgehead atoms. The zero-order chi connectivity index (χ0) is 32.6. The van der Waals surface area contributed by atoms with E-state index in [-0.39, 0.29) is 22.1 Å². The largest absolute Gasteiger partial charge is 0.493 e. The highest BCUT2D eigenvalue weighted by Gasteiger charge is 2.23. The van der Waals surface area contributed by atoms with E-state index in [2.05, 4.69) is 10.6 Å². The lowest BCUT2D eigenvalue weighted by molar-refractivity contribution is 0.0955. The Morgan fingerprint density at radius 1 is 0.711 bits per heavy atom. The number of para-hydroxylation sites is 1. The van der Waals surface area contributed by atoms with Gasteiger partial charge in [-0.15, -0.1) is 0 Å². The lowest BCUT2D eigenvalue weighted by Crippen LogP contribution is -2.27. The van der Waals surface area contributed by atoms with Gasteiger partial charge in [0, 0.05) is 25.2 Å². The van der Waals surface area contributed by atoms with E-state index in [1.807, 2.05) is 18.2 Å². The predicted octanol–water partition coefficient (Wildman–Crippen LogP) is 4.77. The van der Waals surface area contributed by atoms with E-state index in [0.717, 1.165) is 9.87 Å². The van der Waals surface area contributed by atoms with Crippen molar-refractivity contribution in [2.24, 2.45) is 0 Å². The summed E-state index contributed by atoms with van der Waals surface area (Å²) in [6, 6.07) is 22.7. The minimum atomic E-state index is -3.94. The van der Waals surface area contributed by atoms with Crippen molar-refractivity contribution >= 4 is 33.2 Å². The fourth-order valence-corrected chi connectivity index (χ4v) is 5.74. The summed E-state index contributed by atoms with van der Waals surface area (Å²) in [7, 11) is 3.50. The summed E-state index contributed by atoms with van der Waals surface area (Å²) >= 11 is 0. The van der Waals surface area contributed by atoms with Crippen LogP contribution in [0.5, 0.6) is 23.0 Å². The monoisotopic (exact) mass is 633 g/mol. The van der Waals surface area contributed by atoms with Gasteiger partial charge in [-0.05, 0) is 72.6 Å². The number of hydrogen-bond acceptors (Lipinski definition) is 8. The molecule has 45 heavy (non-hydrogen) atoms. The van der Waals surface area contributed by atoms with Crippen LogP contribution in [-0.4, -0.2) is 62.3 Å². The Labute approximate surface area is 262 Å². The van der Waals surface area contributed by atoms with Gasteiger partial charge in [-0.3, -0.25) is 13.9 Å². The van der Waals surface area contributed by atoms with E-state index < -0.39 is 15.9 Å². The zero-order valence-electron chi connectivity index (χ0n) is 25.6. The molecular formula is C33H35N3O8S. The molecule has 0 fully saturated rings. The second-order valence-electron chi connectivity index (χ2n) is 9.73. The van der Waals surface area contributed by atoms with Crippen LogP contribution in [0, 0.1) is 0 Å². The summed E-state index contributed by atoms with van der Waals surface area (Å²) in [4.78, 5) is 26.1. The number of sulfonamides is 1. The highest BCUT2D eigenvalue weighted by Crippen LogP contribution is 2.32. The average molecular weight is 634 g/mol. The summed E-state index contributed by atoms with van der Waals surface area (Å²) in [5.41, 5.74) is 2.22. The summed E-state index contributed by atoms with van der Waals surface area (Å²) in [6.45, 7) is 0.359. The molecule has 0 spiro atoms. The van der Waals surface area contributed by atoms with Crippen LogP contribution in [0.4, 0.5) is 11.4 Å². The van der Waals surface area contributed by atoms with Crippen LogP contribution in [0.1, 0.15) is 26.3 Å². The molecule has 12 heteroatoms. The standard InChI is InChI=1S/C33H35N3O8S/c1-36(45(39,40)25-15-17-29(42-3)31(21-25)44-5)24-13-11-23(12-14-24)32(37)35-27-9-7-6-8-26(27)33(38)34-19-18-22-10-16-28(41-2)30(20-22)43-4/h6-17,20-21H,18-19H2,1-5H3,(H,34,38)(H,35,37). The molecule has 2 N–H and O–H groups in total. The predicted molar refractivity (Wildman–Crippen MR) is 172 cm³/mol. The lowest BCUT2D eigenvalue weighted by Gasteiger charge is -2.20. The minimum Gasteiger partial charge on any atom is -0.493 e. The highest BCUT2D eigenvalue weighted by molar-refractivity contribution is 7.92. The molecule has 0 aromatic heterocycles. The first-order chi connectivity index (χ1) is 21.6. The number of rotatable bonds is 13. The Morgan fingerprint density at radius 3 is 1.96 bits per heavy atom. The topological polar surface area (TPSA) is 132 Å². The third-order valence-electron chi connectivity index (χ3n) is 7.07. The zero-order valence-corrected chi connectivity index (χ0v) is 26.4. The van der Waals surface area contributed by atoms with Gasteiger partial charge in [0.15, 0.2) is 23.0 Å². The maximum Gasteiger partial charge on any atom is 0.264 e. The van der Waals surface area contributed by atoms with E-state index in [4.69, 9.17) is 18.9 Å². The number of methoxy groups -OCH3 is 4. The lowest BCUT2D eigenvalue weighted by atomic mass is 10.1. The van der Waals surface area contributed by atoms with E-state index >= 15 is 0 Å². The van der Waals surface area contributed by atoms with Crippen molar-refractivity contribution in [2.75, 3.05) is 51.7 Å². The number of nitrogens with zero attached hydrogens (tertiary/aromatic N) is 1. The van der Waals surface area contributed by atoms with Crippen molar-refractivity contribution in [3.8, 4) is 23.0 Å². The van der Waals surface area contributed by atoms with Gasteiger partial charge >= 0.3 is 0 Å². The molecule has 4 rings (SSSR count). The van der Waals surface area contributed by atoms with Crippen LogP contribution in [0.15, 0.2) is 89.8 Å². The van der Waals surface area contributed by atoms with Crippen LogP contribution < -0.4 is 33.9 Å². The van der Waals surface area contributed by atoms with Crippen LogP contribution in [0.2, 0.25) is 0 Å². The van der Waals surface area contributed by atoms with Crippen LogP contribution in [0.25, 0.3) is 0 Å². The fourth-order valence-electron chi connectivity index (χ4n) is 4.53. The molecule has 4 aromatic rings. The summed E-state index contributed by atoms with van der Waals surface area (Å²) in [5, 5.41) is 5.67. The molecular weight excluding hydrogens is 598 g/mol. The normalized spacial score (nSPS) is 10.9. The fraction of sp³-hybridized carbons (Fsp3) is 0.212. The molecule has 0 aliphatic rings. The third-order valence-corrected chi connectivity index (χ3v) is 8.86. The van der Waals surface area contributed by atoms with Gasteiger partial charge in [0.05, 0.1) is 50.3 Å². The molecule has 0 heterocycles. The second-order valence-corrected chi connectivity index (χ2v) is 11.7. The summed E-state index contributed by atoms with van der Waals surface area (Å²) in [5.74, 6) is 1.11. The van der Waals surface area contributed by atoms with E-state index in [9.17, 15) is 18.0 Å². The quantitative estimate of drug-likeness (QED) is 0.215. The maximum absolute atomic E-state index is 13.3. The number of nitrogens with one attached hydrogen (secondary N) is 2. The Kier molecular flexibility index (Phi) is 10.5. The van der Waals surface area contributed by atoms with Crippen LogP contribution >= 0.6 is 0 Å². The number of benzene rings is 4. The van der Waals surface area contributed by atoms with Crippen molar-refractivity contribution < 1.29 is 37.0 Å². The molecule has 11 nitrogen and oxygen atoms in total. The molecule has 4 aromatic carbocycles. The Hall–Kier alpha value is -5.23. The molecule has 2 amide bonds. The third kappa shape index (κ3) is 7.47. The van der Waals surface area contributed by atoms with Gasteiger partial charge in [0.2, 0.25) is 0 Å². The molecule has 0 radical (unpaired) electrons. The summed E-state index contributed by atoms with van der Waals surface area (Å²) < 4.78 is 48.7. The number of hydrogen-bond donors (Lipinski definition) is 2. The first kappa shape index (κ1) is 32.7. The number of carbonyl (C=O) groups is 2. The first-order valence-electron chi connectivity index (χ1n) is 13.8. The van der Waals surface area contributed by atoms with Crippen molar-refractivity contribution in [2.45, 2.75) is 11.3 Å². The molecule has 0 saturated carbocycles. The Bertz CT molecular complexity index is 1780. The Morgan fingerprint density at radius 2 is 1.31 bits per heavy atom. The second kappa shape index (κ2) is 14.5. The van der Waals surface area contributed by atoms with E-state index in [0.29, 0.717) is 47.2 Å². The first-order valence-corrected chi connectivity index (χ1v) is 15.3. The molecule has 0 saturated heterocycles. The van der Waals surface area contributed by atoms with Gasteiger partial charge in [-0.25, -0.2) is 8.42 Å². The minimum absolute atomic E-state index is 0.0167. The number of ether oxygens (including phenoxy) is 4. The van der Waals surface area contributed by atoms with Crippen LogP contribution in [-0.2, 0) is 16.4 Å². The van der Waals surface area contributed by atoms with Crippen molar-refractivity contribution in [1.82, 2.24) is 5.32 Å². The van der Waals surface area contributed by atoms with E-state index in [1.165, 1.54) is 63.7 Å². The molecule has 0 aliphatic carbocycles. The molecule has 236 valence electrons. The number of amides is 2. The highest BCUT2D eigenvalue weighted by atomic mass is 32.2. The van der Waals surface area contributed by atoms with Crippen molar-refractivity contribution in [1.29, 1.82) is 0 Å². The van der Waals surface area contributed by atoms with E-state index in [1.54, 1.807) is 38.5 Å². The van der Waals surface area contributed by atoms with Gasteiger partial charge in [-0.1, -0.05) is 18.2 Å². The van der Waals surface area contributed by atoms with Gasteiger partial charge < -0.3 is 29.6 Å². The maximum atomic E-state index is 13.3. The number of anilines is 2. The molecule has 0 aliphatic heterocycles. The smallest absolute Gasteiger partial charge is 0.264 e. The number of carbonyl (C=O) groups excluding carboxylic acids is 2. The van der Waals surface area contributed by atoms with Crippen molar-refractivity contribution in [3.63, 3.8) is 0 Å². The SMILES string of the molecule is COc1ccc(CCNC(=O)c2ccccc2NC(=O)c2ccc(N(C)S(=O)(=O)c3ccc(OC)c(OC)c3)cc2)cc1OC. The van der Waals surface area contributed by atoms with Gasteiger partial charge in [-0.2, -0.15) is 0 Å². The average Bonchev–Trinajstić information content (AvgIpc) is 3.07.